The van der Waals surface area contributed by atoms with Gasteiger partial charge in [0.15, 0.2) is 17.3 Å². The van der Waals surface area contributed by atoms with E-state index in [1.807, 2.05) is 0 Å². The molecule has 1 aliphatic rings. The molecule has 2 N–H and O–H groups in total. The molecule has 1 saturated carbocycles. The lowest BCUT2D eigenvalue weighted by Gasteiger charge is -2.41. The molecule has 1 aliphatic carbocycles. The average Bonchev–Trinajstić information content (AvgIpc) is 2.77. The Morgan fingerprint density at radius 1 is 1.27 bits per heavy atom. The molecule has 4 rings (SSSR count). The molecule has 33 heavy (non-hydrogen) atoms. The highest BCUT2D eigenvalue weighted by molar-refractivity contribution is 6.32. The Labute approximate surface area is 197 Å². The van der Waals surface area contributed by atoms with Gasteiger partial charge >= 0.3 is 0 Å². The van der Waals surface area contributed by atoms with Gasteiger partial charge in [0.05, 0.1) is 27.5 Å². The van der Waals surface area contributed by atoms with Crippen molar-refractivity contribution in [2.24, 2.45) is 0 Å². The van der Waals surface area contributed by atoms with E-state index in [1.165, 1.54) is 19.1 Å². The Kier molecular flexibility index (Phi) is 6.29. The largest absolute Gasteiger partial charge is 0.504 e. The number of phenols is 1. The molecule has 6 nitrogen and oxygen atoms in total. The van der Waals surface area contributed by atoms with Crippen molar-refractivity contribution in [3.8, 4) is 17.0 Å². The molecular weight excluding hydrogens is 443 g/mol. The van der Waals surface area contributed by atoms with E-state index in [1.54, 1.807) is 18.3 Å². The smallest absolute Gasteiger partial charge is 0.170 e. The van der Waals surface area contributed by atoms with Crippen LogP contribution in [0.15, 0.2) is 30.5 Å². The van der Waals surface area contributed by atoms with Gasteiger partial charge in [-0.2, -0.15) is 0 Å². The number of hydrogen-bond acceptors (Lipinski definition) is 6. The average molecular weight is 471 g/mol. The SMILES string of the molecule is CC(=O)c1cnc2ccc(-c3cc(F)c(O)c(Cl)c3)nc2c1NC1(C)CCC(N(C)C)CC1. The van der Waals surface area contributed by atoms with Crippen molar-refractivity contribution in [2.75, 3.05) is 19.4 Å². The monoisotopic (exact) mass is 470 g/mol. The van der Waals surface area contributed by atoms with E-state index >= 15 is 0 Å². The highest BCUT2D eigenvalue weighted by Crippen LogP contribution is 2.37. The van der Waals surface area contributed by atoms with E-state index in [4.69, 9.17) is 16.6 Å². The maximum Gasteiger partial charge on any atom is 0.170 e. The first-order valence-electron chi connectivity index (χ1n) is 11.0. The van der Waals surface area contributed by atoms with Crippen molar-refractivity contribution >= 4 is 34.1 Å². The van der Waals surface area contributed by atoms with Crippen LogP contribution in [0, 0.1) is 5.82 Å². The third-order valence-electron chi connectivity index (χ3n) is 6.62. The summed E-state index contributed by atoms with van der Waals surface area (Å²) in [6, 6.07) is 6.71. The summed E-state index contributed by atoms with van der Waals surface area (Å²) in [5, 5.41) is 13.2. The Bertz CT molecular complexity index is 1200. The van der Waals surface area contributed by atoms with Crippen molar-refractivity contribution in [3.63, 3.8) is 0 Å². The second kappa shape index (κ2) is 8.88. The minimum Gasteiger partial charge on any atom is -0.504 e. The number of pyridine rings is 2. The molecule has 0 spiro atoms. The Morgan fingerprint density at radius 2 is 1.97 bits per heavy atom. The van der Waals surface area contributed by atoms with Crippen molar-refractivity contribution < 1.29 is 14.3 Å². The van der Waals surface area contributed by atoms with E-state index in [0.29, 0.717) is 39.6 Å². The molecule has 0 aliphatic heterocycles. The quantitative estimate of drug-likeness (QED) is 0.467. The van der Waals surface area contributed by atoms with Crippen LogP contribution in [0.3, 0.4) is 0 Å². The number of rotatable bonds is 5. The highest BCUT2D eigenvalue weighted by Gasteiger charge is 2.33. The minimum absolute atomic E-state index is 0.0916. The number of aromatic hydroxyl groups is 1. The summed E-state index contributed by atoms with van der Waals surface area (Å²) < 4.78 is 14.1. The maximum absolute atomic E-state index is 14.1. The summed E-state index contributed by atoms with van der Waals surface area (Å²) in [6.45, 7) is 3.69. The van der Waals surface area contributed by atoms with Crippen LogP contribution in [0.2, 0.25) is 5.02 Å². The first-order chi connectivity index (χ1) is 15.6. The second-order valence-corrected chi connectivity index (χ2v) is 9.74. The first kappa shape index (κ1) is 23.4. The van der Waals surface area contributed by atoms with Crippen LogP contribution >= 0.6 is 11.6 Å². The normalized spacial score (nSPS) is 20.9. The molecule has 3 aromatic rings. The minimum atomic E-state index is -0.821. The third kappa shape index (κ3) is 4.66. The molecule has 0 saturated heterocycles. The number of phenolic OH excluding ortho intramolecular Hbond substituents is 1. The standard InChI is InChI=1S/C25H28ClFN4O2/c1-14(32)17-13-28-21-6-5-20(15-11-18(26)24(33)19(27)12-15)29-23(21)22(17)30-25(2)9-7-16(8-10-25)31(3)4/h5-6,11-13,16,33H,7-10H2,1-4H3,(H,28,30). The van der Waals surface area contributed by atoms with Crippen molar-refractivity contribution in [2.45, 2.75) is 51.1 Å². The summed E-state index contributed by atoms with van der Waals surface area (Å²) in [7, 11) is 4.21. The maximum atomic E-state index is 14.1. The van der Waals surface area contributed by atoms with Crippen LogP contribution in [0.5, 0.6) is 5.75 Å². The number of halogens is 2. The topological polar surface area (TPSA) is 78.3 Å². The molecule has 1 aromatic carbocycles. The number of anilines is 1. The van der Waals surface area contributed by atoms with E-state index in [9.17, 15) is 14.3 Å². The summed E-state index contributed by atoms with van der Waals surface area (Å²) in [5.74, 6) is -1.52. The fraction of sp³-hybridized carbons (Fsp3) is 0.400. The zero-order chi connectivity index (χ0) is 23.9. The van der Waals surface area contributed by atoms with Gasteiger partial charge in [-0.3, -0.25) is 9.78 Å². The van der Waals surface area contributed by atoms with Crippen LogP contribution in [-0.4, -0.2) is 51.4 Å². The van der Waals surface area contributed by atoms with Gasteiger partial charge in [-0.15, -0.1) is 0 Å². The van der Waals surface area contributed by atoms with Crippen LogP contribution < -0.4 is 5.32 Å². The first-order valence-corrected chi connectivity index (χ1v) is 11.4. The lowest BCUT2D eigenvalue weighted by atomic mass is 9.80. The summed E-state index contributed by atoms with van der Waals surface area (Å²) in [5.41, 5.74) is 2.98. The van der Waals surface area contributed by atoms with Crippen LogP contribution in [0.25, 0.3) is 22.3 Å². The predicted molar refractivity (Wildman–Crippen MR) is 130 cm³/mol. The molecule has 0 unspecified atom stereocenters. The Balaban J connectivity index is 1.80. The molecule has 0 radical (unpaired) electrons. The lowest BCUT2D eigenvalue weighted by molar-refractivity contribution is 0.101. The summed E-state index contributed by atoms with van der Waals surface area (Å²) in [6.07, 6.45) is 5.60. The molecule has 8 heteroatoms. The van der Waals surface area contributed by atoms with Crippen LogP contribution in [0.1, 0.15) is 49.9 Å². The van der Waals surface area contributed by atoms with E-state index < -0.39 is 11.6 Å². The van der Waals surface area contributed by atoms with E-state index in [2.05, 4.69) is 36.2 Å². The van der Waals surface area contributed by atoms with Gasteiger partial charge in [0.2, 0.25) is 0 Å². The van der Waals surface area contributed by atoms with Crippen LogP contribution in [-0.2, 0) is 0 Å². The summed E-state index contributed by atoms with van der Waals surface area (Å²) >= 11 is 5.98. The number of fused-ring (bicyclic) bond motifs is 1. The molecule has 174 valence electrons. The number of nitrogens with one attached hydrogen (secondary N) is 1. The molecule has 0 atom stereocenters. The molecule has 0 bridgehead atoms. The summed E-state index contributed by atoms with van der Waals surface area (Å²) in [4.78, 5) is 23.9. The lowest BCUT2D eigenvalue weighted by Crippen LogP contribution is -2.44. The van der Waals surface area contributed by atoms with Crippen molar-refractivity contribution in [1.82, 2.24) is 14.9 Å². The second-order valence-electron chi connectivity index (χ2n) is 9.34. The van der Waals surface area contributed by atoms with Gasteiger partial charge in [-0.1, -0.05) is 11.6 Å². The molecule has 2 heterocycles. The molecule has 1 fully saturated rings. The predicted octanol–water partition coefficient (Wildman–Crippen LogP) is 5.67. The van der Waals surface area contributed by atoms with Gasteiger partial charge in [0, 0.05) is 23.3 Å². The molecule has 0 amide bonds. The fourth-order valence-corrected chi connectivity index (χ4v) is 4.72. The number of Topliss-reactive ketones (excluding diaryl/α,β-unsaturated/α-hetero) is 1. The van der Waals surface area contributed by atoms with Crippen LogP contribution in [0.4, 0.5) is 10.1 Å². The van der Waals surface area contributed by atoms with E-state index in [-0.39, 0.29) is 16.3 Å². The molecule has 2 aromatic heterocycles. The fourth-order valence-electron chi connectivity index (χ4n) is 4.52. The van der Waals surface area contributed by atoms with Gasteiger partial charge in [-0.25, -0.2) is 9.37 Å². The van der Waals surface area contributed by atoms with Crippen molar-refractivity contribution in [1.29, 1.82) is 0 Å². The zero-order valence-corrected chi connectivity index (χ0v) is 20.0. The zero-order valence-electron chi connectivity index (χ0n) is 19.2. The van der Waals surface area contributed by atoms with E-state index in [0.717, 1.165) is 25.7 Å². The van der Waals surface area contributed by atoms with Gasteiger partial charge in [0.1, 0.15) is 5.52 Å². The Morgan fingerprint density at radius 3 is 2.58 bits per heavy atom. The Hall–Kier alpha value is -2.77. The number of carbonyl (C=O) groups excluding carboxylic acids is 1. The number of nitrogens with zero attached hydrogens (tertiary/aromatic N) is 3. The number of hydrogen-bond donors (Lipinski definition) is 2. The third-order valence-corrected chi connectivity index (χ3v) is 6.91. The van der Waals surface area contributed by atoms with Gasteiger partial charge in [0.25, 0.3) is 0 Å². The number of benzene rings is 1. The van der Waals surface area contributed by atoms with Crippen molar-refractivity contribution in [3.05, 3.63) is 46.9 Å². The number of carbonyl (C=O) groups is 1. The number of aromatic nitrogens is 2. The van der Waals surface area contributed by atoms with Gasteiger partial charge in [-0.05, 0) is 77.9 Å². The number of ketones is 1. The van der Waals surface area contributed by atoms with Gasteiger partial charge < -0.3 is 15.3 Å². The highest BCUT2D eigenvalue weighted by atomic mass is 35.5. The molecular formula is C25H28ClFN4O2.